The van der Waals surface area contributed by atoms with Crippen LogP contribution in [0.1, 0.15) is 17.5 Å². The van der Waals surface area contributed by atoms with Gasteiger partial charge in [0.1, 0.15) is 0 Å². The number of hydrogen-bond donors (Lipinski definition) is 2. The van der Waals surface area contributed by atoms with Gasteiger partial charge in [0.15, 0.2) is 17.4 Å². The molecule has 0 aliphatic rings. The van der Waals surface area contributed by atoms with Crippen LogP contribution < -0.4 is 5.73 Å². The minimum absolute atomic E-state index is 0.0731. The summed E-state index contributed by atoms with van der Waals surface area (Å²) in [4.78, 5) is 23.7. The van der Waals surface area contributed by atoms with Gasteiger partial charge in [0.2, 0.25) is 0 Å². The van der Waals surface area contributed by atoms with Gasteiger partial charge in [0, 0.05) is 6.42 Å². The van der Waals surface area contributed by atoms with E-state index in [1.807, 2.05) is 30.3 Å². The Morgan fingerprint density at radius 2 is 1.64 bits per heavy atom. The van der Waals surface area contributed by atoms with E-state index < -0.39 is 29.6 Å². The lowest BCUT2D eigenvalue weighted by Crippen LogP contribution is -2.35. The van der Waals surface area contributed by atoms with Gasteiger partial charge in [-0.25, -0.2) is 8.78 Å². The molecule has 0 fully saturated rings. The first-order chi connectivity index (χ1) is 11.9. The lowest BCUT2D eigenvalue weighted by Gasteiger charge is -2.15. The smallest absolute Gasteiger partial charge is 0.307 e. The third kappa shape index (κ3) is 5.46. The first-order valence-electron chi connectivity index (χ1n) is 7.85. The number of ketones is 1. The number of carbonyl (C=O) groups excluding carboxylic acids is 1. The van der Waals surface area contributed by atoms with E-state index in [2.05, 4.69) is 0 Å². The molecule has 0 aliphatic heterocycles. The van der Waals surface area contributed by atoms with Crippen molar-refractivity contribution in [2.24, 2.45) is 11.7 Å². The van der Waals surface area contributed by atoms with Gasteiger partial charge in [-0.15, -0.1) is 0 Å². The summed E-state index contributed by atoms with van der Waals surface area (Å²) in [5.41, 5.74) is 7.08. The Morgan fingerprint density at radius 3 is 2.24 bits per heavy atom. The van der Waals surface area contributed by atoms with Gasteiger partial charge in [-0.2, -0.15) is 0 Å². The zero-order chi connectivity index (χ0) is 18.4. The average Bonchev–Trinajstić information content (AvgIpc) is 2.58. The van der Waals surface area contributed by atoms with Crippen LogP contribution in [0.5, 0.6) is 0 Å². The first-order valence-corrected chi connectivity index (χ1v) is 7.85. The Labute approximate surface area is 144 Å². The maximum atomic E-state index is 13.3. The molecule has 0 aromatic heterocycles. The Morgan fingerprint density at radius 1 is 0.960 bits per heavy atom. The van der Waals surface area contributed by atoms with Crippen LogP contribution in [-0.2, 0) is 22.4 Å². The number of nitrogens with two attached hydrogens (primary N) is 1. The second kappa shape index (κ2) is 8.48. The van der Waals surface area contributed by atoms with Crippen LogP contribution in [0.4, 0.5) is 8.78 Å². The Bertz CT molecular complexity index is 750. The number of Topliss-reactive ketones (excluding diaryl/α,β-unsaturated/α-hetero) is 1. The number of carboxylic acids is 1. The SMILES string of the molecule is N[C@@H](Cc1ccccc1)C(=O)CC(Cc1ccc(F)c(F)c1)C(=O)O. The number of aliphatic carboxylic acids is 1. The molecule has 0 radical (unpaired) electrons. The molecule has 3 N–H and O–H groups in total. The maximum absolute atomic E-state index is 13.3. The molecule has 2 aromatic rings. The number of benzene rings is 2. The van der Waals surface area contributed by atoms with Crippen molar-refractivity contribution < 1.29 is 23.5 Å². The van der Waals surface area contributed by atoms with Gasteiger partial charge in [0.05, 0.1) is 12.0 Å². The fraction of sp³-hybridized carbons (Fsp3) is 0.263. The zero-order valence-corrected chi connectivity index (χ0v) is 13.5. The van der Waals surface area contributed by atoms with Crippen LogP contribution in [-0.4, -0.2) is 22.9 Å². The topological polar surface area (TPSA) is 80.4 Å². The summed E-state index contributed by atoms with van der Waals surface area (Å²) in [5, 5.41) is 9.32. The molecule has 0 aliphatic carbocycles. The minimum atomic E-state index is -1.18. The first kappa shape index (κ1) is 18.7. The van der Waals surface area contributed by atoms with Crippen molar-refractivity contribution in [1.29, 1.82) is 0 Å². The van der Waals surface area contributed by atoms with Crippen LogP contribution in [0.2, 0.25) is 0 Å². The molecular formula is C19H19F2NO3. The highest BCUT2D eigenvalue weighted by atomic mass is 19.2. The lowest BCUT2D eigenvalue weighted by molar-refractivity contribution is -0.143. The van der Waals surface area contributed by atoms with E-state index in [0.29, 0.717) is 12.0 Å². The van der Waals surface area contributed by atoms with Crippen molar-refractivity contribution in [2.75, 3.05) is 0 Å². The lowest BCUT2D eigenvalue weighted by atomic mass is 9.90. The van der Waals surface area contributed by atoms with Crippen LogP contribution in [0.25, 0.3) is 0 Å². The van der Waals surface area contributed by atoms with E-state index in [1.165, 1.54) is 6.07 Å². The third-order valence-electron chi connectivity index (χ3n) is 3.97. The van der Waals surface area contributed by atoms with Crippen molar-refractivity contribution in [3.8, 4) is 0 Å². The second-order valence-electron chi connectivity index (χ2n) is 5.95. The highest BCUT2D eigenvalue weighted by Crippen LogP contribution is 2.17. The molecule has 4 nitrogen and oxygen atoms in total. The standard InChI is InChI=1S/C19H19F2NO3/c20-15-7-6-13(9-16(15)21)8-14(19(24)25)11-18(23)17(22)10-12-4-2-1-3-5-12/h1-7,9,14,17H,8,10-11,22H2,(H,24,25)/t14?,17-/m0/s1. The van der Waals surface area contributed by atoms with Crippen molar-refractivity contribution in [3.63, 3.8) is 0 Å². The molecule has 1 unspecified atom stereocenters. The normalized spacial score (nSPS) is 13.2. The summed E-state index contributed by atoms with van der Waals surface area (Å²) in [7, 11) is 0. The molecule has 0 saturated heterocycles. The summed E-state index contributed by atoms with van der Waals surface area (Å²) in [6.07, 6.45) is -0.0180. The van der Waals surface area contributed by atoms with E-state index in [-0.39, 0.29) is 18.6 Å². The van der Waals surface area contributed by atoms with E-state index in [9.17, 15) is 23.5 Å². The van der Waals surface area contributed by atoms with E-state index in [0.717, 1.165) is 17.7 Å². The number of halogens is 2. The summed E-state index contributed by atoms with van der Waals surface area (Å²) in [6, 6.07) is 11.6. The zero-order valence-electron chi connectivity index (χ0n) is 13.5. The van der Waals surface area contributed by atoms with E-state index >= 15 is 0 Å². The Hall–Kier alpha value is -2.60. The predicted molar refractivity (Wildman–Crippen MR) is 88.9 cm³/mol. The Kier molecular flexibility index (Phi) is 6.36. The summed E-state index contributed by atoms with van der Waals surface area (Å²) in [5.74, 6) is -4.65. The summed E-state index contributed by atoms with van der Waals surface area (Å²) in [6.45, 7) is 0. The maximum Gasteiger partial charge on any atom is 0.307 e. The van der Waals surface area contributed by atoms with E-state index in [1.54, 1.807) is 0 Å². The molecule has 2 rings (SSSR count). The predicted octanol–water partition coefficient (Wildman–Crippen LogP) is 2.74. The van der Waals surface area contributed by atoms with Gasteiger partial charge in [-0.05, 0) is 36.1 Å². The van der Waals surface area contributed by atoms with Gasteiger partial charge in [0.25, 0.3) is 0 Å². The average molecular weight is 347 g/mol. The fourth-order valence-corrected chi connectivity index (χ4v) is 2.57. The third-order valence-corrected chi connectivity index (χ3v) is 3.97. The number of hydrogen-bond acceptors (Lipinski definition) is 3. The molecule has 6 heteroatoms. The molecule has 0 saturated carbocycles. The molecule has 2 aromatic carbocycles. The van der Waals surface area contributed by atoms with Gasteiger partial charge >= 0.3 is 5.97 Å². The van der Waals surface area contributed by atoms with Crippen molar-refractivity contribution in [3.05, 3.63) is 71.3 Å². The number of carboxylic acid groups (broad SMARTS) is 1. The van der Waals surface area contributed by atoms with Gasteiger partial charge < -0.3 is 10.8 Å². The molecule has 0 bridgehead atoms. The molecule has 0 amide bonds. The van der Waals surface area contributed by atoms with Crippen molar-refractivity contribution in [1.82, 2.24) is 0 Å². The van der Waals surface area contributed by atoms with Crippen molar-refractivity contribution >= 4 is 11.8 Å². The molecular weight excluding hydrogens is 328 g/mol. The summed E-state index contributed by atoms with van der Waals surface area (Å²) < 4.78 is 26.2. The number of carbonyl (C=O) groups is 2. The van der Waals surface area contributed by atoms with Crippen molar-refractivity contribution in [2.45, 2.75) is 25.3 Å². The largest absolute Gasteiger partial charge is 0.481 e. The minimum Gasteiger partial charge on any atom is -0.481 e. The van der Waals surface area contributed by atoms with Gasteiger partial charge in [-0.1, -0.05) is 36.4 Å². The second-order valence-corrected chi connectivity index (χ2v) is 5.95. The molecule has 132 valence electrons. The molecule has 0 heterocycles. The molecule has 25 heavy (non-hydrogen) atoms. The number of rotatable bonds is 8. The summed E-state index contributed by atoms with van der Waals surface area (Å²) >= 11 is 0. The highest BCUT2D eigenvalue weighted by Gasteiger charge is 2.25. The van der Waals surface area contributed by atoms with E-state index in [4.69, 9.17) is 5.73 Å². The van der Waals surface area contributed by atoms with Crippen LogP contribution in [0.3, 0.4) is 0 Å². The molecule has 0 spiro atoms. The van der Waals surface area contributed by atoms with Crippen LogP contribution >= 0.6 is 0 Å². The monoisotopic (exact) mass is 347 g/mol. The Balaban J connectivity index is 2.01. The van der Waals surface area contributed by atoms with Gasteiger partial charge in [-0.3, -0.25) is 9.59 Å². The van der Waals surface area contributed by atoms with Crippen LogP contribution in [0, 0.1) is 17.6 Å². The molecule has 2 atom stereocenters. The fourth-order valence-electron chi connectivity index (χ4n) is 2.57. The van der Waals surface area contributed by atoms with Crippen LogP contribution in [0.15, 0.2) is 48.5 Å². The quantitative estimate of drug-likeness (QED) is 0.769. The highest BCUT2D eigenvalue weighted by molar-refractivity contribution is 5.88.